The first kappa shape index (κ1) is 11.5. The molecule has 1 aliphatic carbocycles. The van der Waals surface area contributed by atoms with Crippen LogP contribution in [0.3, 0.4) is 0 Å². The standard InChI is InChI=1S/C14H18N2O2/c17-16(18)11-6-7-14-12(8-11)13(9-15-14)10-4-2-1-3-5-10/h6-8,10,13,15H,1-5,9H2. The Morgan fingerprint density at radius 3 is 2.72 bits per heavy atom. The van der Waals surface area contributed by atoms with E-state index < -0.39 is 0 Å². The zero-order chi connectivity index (χ0) is 12.5. The maximum absolute atomic E-state index is 10.9. The first-order valence-corrected chi connectivity index (χ1v) is 6.78. The molecule has 1 atom stereocenters. The molecule has 1 unspecified atom stereocenters. The summed E-state index contributed by atoms with van der Waals surface area (Å²) in [5.41, 5.74) is 2.48. The molecule has 1 aromatic rings. The number of non-ortho nitro benzene ring substituents is 1. The summed E-state index contributed by atoms with van der Waals surface area (Å²) in [5.74, 6) is 1.18. The van der Waals surface area contributed by atoms with Gasteiger partial charge < -0.3 is 5.32 Å². The van der Waals surface area contributed by atoms with Crippen LogP contribution in [0.25, 0.3) is 0 Å². The minimum atomic E-state index is -0.295. The maximum atomic E-state index is 10.9. The van der Waals surface area contributed by atoms with Crippen molar-refractivity contribution in [3.63, 3.8) is 0 Å². The molecule has 96 valence electrons. The van der Waals surface area contributed by atoms with Crippen LogP contribution in [-0.4, -0.2) is 11.5 Å². The Hall–Kier alpha value is -1.58. The molecule has 2 aliphatic rings. The number of nitrogens with one attached hydrogen (secondary N) is 1. The fourth-order valence-electron chi connectivity index (χ4n) is 3.42. The molecular weight excluding hydrogens is 228 g/mol. The Morgan fingerprint density at radius 1 is 1.22 bits per heavy atom. The Balaban J connectivity index is 1.89. The molecule has 18 heavy (non-hydrogen) atoms. The van der Waals surface area contributed by atoms with Gasteiger partial charge in [-0.25, -0.2) is 0 Å². The van der Waals surface area contributed by atoms with Crippen molar-refractivity contribution in [3.8, 4) is 0 Å². The van der Waals surface area contributed by atoms with Gasteiger partial charge in [-0.05, 0) is 30.4 Å². The first-order valence-electron chi connectivity index (χ1n) is 6.78. The topological polar surface area (TPSA) is 55.2 Å². The molecule has 0 amide bonds. The zero-order valence-electron chi connectivity index (χ0n) is 10.4. The van der Waals surface area contributed by atoms with Crippen LogP contribution in [0, 0.1) is 16.0 Å². The molecule has 1 heterocycles. The van der Waals surface area contributed by atoms with Gasteiger partial charge in [0.1, 0.15) is 0 Å². The summed E-state index contributed by atoms with van der Waals surface area (Å²) >= 11 is 0. The molecule has 1 N–H and O–H groups in total. The van der Waals surface area contributed by atoms with Crippen LogP contribution in [0.5, 0.6) is 0 Å². The van der Waals surface area contributed by atoms with E-state index in [1.165, 1.54) is 32.1 Å². The molecule has 1 fully saturated rings. The smallest absolute Gasteiger partial charge is 0.269 e. The van der Waals surface area contributed by atoms with E-state index in [2.05, 4.69) is 5.32 Å². The van der Waals surface area contributed by atoms with Gasteiger partial charge in [-0.3, -0.25) is 10.1 Å². The summed E-state index contributed by atoms with van der Waals surface area (Å²) in [7, 11) is 0. The lowest BCUT2D eigenvalue weighted by molar-refractivity contribution is -0.384. The zero-order valence-corrected chi connectivity index (χ0v) is 10.4. The highest BCUT2D eigenvalue weighted by molar-refractivity contribution is 5.61. The second kappa shape index (κ2) is 4.59. The van der Waals surface area contributed by atoms with Gasteiger partial charge in [-0.1, -0.05) is 19.3 Å². The van der Waals surface area contributed by atoms with Gasteiger partial charge in [0.25, 0.3) is 5.69 Å². The molecule has 1 saturated carbocycles. The number of anilines is 1. The van der Waals surface area contributed by atoms with Gasteiger partial charge in [0, 0.05) is 30.3 Å². The summed E-state index contributed by atoms with van der Waals surface area (Å²) in [6, 6.07) is 5.22. The van der Waals surface area contributed by atoms with Gasteiger partial charge in [0.15, 0.2) is 0 Å². The van der Waals surface area contributed by atoms with E-state index >= 15 is 0 Å². The lowest BCUT2D eigenvalue weighted by atomic mass is 9.78. The molecule has 3 rings (SSSR count). The summed E-state index contributed by atoms with van der Waals surface area (Å²) in [6.07, 6.45) is 6.51. The van der Waals surface area contributed by atoms with E-state index in [4.69, 9.17) is 0 Å². The summed E-state index contributed by atoms with van der Waals surface area (Å²) in [4.78, 5) is 10.6. The van der Waals surface area contributed by atoms with Crippen LogP contribution < -0.4 is 5.32 Å². The summed E-state index contributed by atoms with van der Waals surface area (Å²) in [5, 5.41) is 14.3. The lowest BCUT2D eigenvalue weighted by Crippen LogP contribution is -2.17. The number of rotatable bonds is 2. The van der Waals surface area contributed by atoms with E-state index in [9.17, 15) is 10.1 Å². The summed E-state index contributed by atoms with van der Waals surface area (Å²) < 4.78 is 0. The molecule has 0 saturated heterocycles. The number of nitro groups is 1. The highest BCUT2D eigenvalue weighted by Gasteiger charge is 2.31. The van der Waals surface area contributed by atoms with E-state index in [-0.39, 0.29) is 10.6 Å². The van der Waals surface area contributed by atoms with E-state index in [0.29, 0.717) is 11.8 Å². The minimum absolute atomic E-state index is 0.221. The van der Waals surface area contributed by atoms with Crippen LogP contribution >= 0.6 is 0 Å². The van der Waals surface area contributed by atoms with E-state index in [0.717, 1.165) is 17.8 Å². The van der Waals surface area contributed by atoms with Crippen LogP contribution in [0.4, 0.5) is 11.4 Å². The first-order chi connectivity index (χ1) is 8.75. The van der Waals surface area contributed by atoms with E-state index in [1.807, 2.05) is 6.07 Å². The fraction of sp³-hybridized carbons (Fsp3) is 0.571. The number of nitrogens with zero attached hydrogens (tertiary/aromatic N) is 1. The number of nitro benzene ring substituents is 1. The third-order valence-electron chi connectivity index (χ3n) is 4.38. The van der Waals surface area contributed by atoms with Crippen LogP contribution in [0.1, 0.15) is 43.6 Å². The van der Waals surface area contributed by atoms with Gasteiger partial charge in [-0.2, -0.15) is 0 Å². The Labute approximate surface area is 107 Å². The second-order valence-corrected chi connectivity index (χ2v) is 5.41. The molecule has 0 radical (unpaired) electrons. The molecule has 4 nitrogen and oxygen atoms in total. The van der Waals surface area contributed by atoms with Crippen LogP contribution in [0.2, 0.25) is 0 Å². The third kappa shape index (κ3) is 1.96. The molecule has 1 aliphatic heterocycles. The van der Waals surface area contributed by atoms with Crippen molar-refractivity contribution in [2.45, 2.75) is 38.0 Å². The SMILES string of the molecule is O=[N+]([O-])c1ccc2c(c1)C(C1CCCCC1)CN2. The Kier molecular flexibility index (Phi) is 2.94. The van der Waals surface area contributed by atoms with Crippen molar-refractivity contribution in [3.05, 3.63) is 33.9 Å². The number of fused-ring (bicyclic) bond motifs is 1. The van der Waals surface area contributed by atoms with Gasteiger partial charge >= 0.3 is 0 Å². The van der Waals surface area contributed by atoms with E-state index in [1.54, 1.807) is 12.1 Å². The highest BCUT2D eigenvalue weighted by atomic mass is 16.6. The van der Waals surface area contributed by atoms with Crippen LogP contribution in [0.15, 0.2) is 18.2 Å². The molecule has 1 aromatic carbocycles. The van der Waals surface area contributed by atoms with Crippen molar-refractivity contribution in [1.29, 1.82) is 0 Å². The van der Waals surface area contributed by atoms with Crippen molar-refractivity contribution in [2.75, 3.05) is 11.9 Å². The third-order valence-corrected chi connectivity index (χ3v) is 4.38. The van der Waals surface area contributed by atoms with Crippen molar-refractivity contribution in [1.82, 2.24) is 0 Å². The van der Waals surface area contributed by atoms with Gasteiger partial charge in [0.05, 0.1) is 4.92 Å². The van der Waals surface area contributed by atoms with Gasteiger partial charge in [0.2, 0.25) is 0 Å². The lowest BCUT2D eigenvalue weighted by Gasteiger charge is -2.27. The second-order valence-electron chi connectivity index (χ2n) is 5.41. The molecule has 0 bridgehead atoms. The maximum Gasteiger partial charge on any atom is 0.269 e. The highest BCUT2D eigenvalue weighted by Crippen LogP contribution is 2.43. The molecule has 4 heteroatoms. The number of benzene rings is 1. The average molecular weight is 246 g/mol. The fourth-order valence-corrected chi connectivity index (χ4v) is 3.42. The largest absolute Gasteiger partial charge is 0.384 e. The van der Waals surface area contributed by atoms with Gasteiger partial charge in [-0.15, -0.1) is 0 Å². The number of hydrogen-bond donors (Lipinski definition) is 1. The van der Waals surface area contributed by atoms with Crippen molar-refractivity contribution >= 4 is 11.4 Å². The predicted molar refractivity (Wildman–Crippen MR) is 70.9 cm³/mol. The van der Waals surface area contributed by atoms with Crippen LogP contribution in [-0.2, 0) is 0 Å². The minimum Gasteiger partial charge on any atom is -0.384 e. The Bertz CT molecular complexity index is 467. The molecule has 0 aromatic heterocycles. The summed E-state index contributed by atoms with van der Waals surface area (Å²) in [6.45, 7) is 0.946. The predicted octanol–water partition coefficient (Wildman–Crippen LogP) is 3.68. The monoisotopic (exact) mass is 246 g/mol. The normalized spacial score (nSPS) is 23.4. The number of hydrogen-bond acceptors (Lipinski definition) is 3. The van der Waals surface area contributed by atoms with Crippen molar-refractivity contribution in [2.24, 2.45) is 5.92 Å². The average Bonchev–Trinajstić information content (AvgIpc) is 2.82. The Morgan fingerprint density at radius 2 is 2.00 bits per heavy atom. The quantitative estimate of drug-likeness (QED) is 0.639. The van der Waals surface area contributed by atoms with Crippen molar-refractivity contribution < 1.29 is 4.92 Å². The molecular formula is C14H18N2O2. The molecule has 0 spiro atoms.